The maximum absolute atomic E-state index is 13.0. The zero-order chi connectivity index (χ0) is 17.5. The molecule has 0 atom stereocenters. The smallest absolute Gasteiger partial charge is 0.223 e. The summed E-state index contributed by atoms with van der Waals surface area (Å²) in [5.41, 5.74) is 1.39. The Balaban J connectivity index is 1.90. The van der Waals surface area contributed by atoms with Gasteiger partial charge in [0.1, 0.15) is 5.82 Å². The number of hydrogen-bond donors (Lipinski definition) is 1. The van der Waals surface area contributed by atoms with Gasteiger partial charge in [-0.2, -0.15) is 0 Å². The molecule has 126 valence electrons. The van der Waals surface area contributed by atoms with Gasteiger partial charge in [0.2, 0.25) is 11.8 Å². The topological polar surface area (TPSA) is 49.4 Å². The van der Waals surface area contributed by atoms with Gasteiger partial charge in [0, 0.05) is 37.1 Å². The SMILES string of the molecule is CC(=O)N(CCC(=O)NCc1ccccc1Cl)c1ccc(F)cc1. The molecule has 4 nitrogen and oxygen atoms in total. The van der Waals surface area contributed by atoms with Crippen molar-refractivity contribution < 1.29 is 14.0 Å². The number of amides is 2. The van der Waals surface area contributed by atoms with Crippen LogP contribution in [0.3, 0.4) is 0 Å². The molecule has 6 heteroatoms. The first-order valence-electron chi connectivity index (χ1n) is 7.51. The second-order valence-electron chi connectivity index (χ2n) is 5.27. The van der Waals surface area contributed by atoms with Gasteiger partial charge in [-0.15, -0.1) is 0 Å². The predicted octanol–water partition coefficient (Wildman–Crippen LogP) is 3.54. The van der Waals surface area contributed by atoms with Crippen LogP contribution in [0.15, 0.2) is 48.5 Å². The van der Waals surface area contributed by atoms with E-state index >= 15 is 0 Å². The van der Waals surface area contributed by atoms with E-state index < -0.39 is 0 Å². The van der Waals surface area contributed by atoms with Gasteiger partial charge in [-0.25, -0.2) is 4.39 Å². The summed E-state index contributed by atoms with van der Waals surface area (Å²) in [6.07, 6.45) is 0.140. The zero-order valence-electron chi connectivity index (χ0n) is 13.3. The fraction of sp³-hybridized carbons (Fsp3) is 0.222. The third-order valence-corrected chi connectivity index (χ3v) is 3.88. The number of nitrogens with zero attached hydrogens (tertiary/aromatic N) is 1. The van der Waals surface area contributed by atoms with Gasteiger partial charge in [0.15, 0.2) is 0 Å². The summed E-state index contributed by atoms with van der Waals surface area (Å²) in [7, 11) is 0. The first-order valence-corrected chi connectivity index (χ1v) is 7.89. The summed E-state index contributed by atoms with van der Waals surface area (Å²) < 4.78 is 13.0. The van der Waals surface area contributed by atoms with Gasteiger partial charge in [0.25, 0.3) is 0 Å². The first-order chi connectivity index (χ1) is 11.5. The molecule has 0 saturated heterocycles. The predicted molar refractivity (Wildman–Crippen MR) is 92.3 cm³/mol. The molecule has 0 radical (unpaired) electrons. The quantitative estimate of drug-likeness (QED) is 0.868. The summed E-state index contributed by atoms with van der Waals surface area (Å²) in [5, 5.41) is 3.37. The normalized spacial score (nSPS) is 10.3. The van der Waals surface area contributed by atoms with Crippen LogP contribution < -0.4 is 10.2 Å². The molecule has 1 N–H and O–H groups in total. The first kappa shape index (κ1) is 17.9. The Bertz CT molecular complexity index is 719. The van der Waals surface area contributed by atoms with Crippen LogP contribution in [0, 0.1) is 5.82 Å². The molecule has 0 unspecified atom stereocenters. The minimum absolute atomic E-state index is 0.140. The molecule has 24 heavy (non-hydrogen) atoms. The van der Waals surface area contributed by atoms with E-state index in [-0.39, 0.29) is 30.6 Å². The van der Waals surface area contributed by atoms with Crippen molar-refractivity contribution in [2.24, 2.45) is 0 Å². The third kappa shape index (κ3) is 5.06. The lowest BCUT2D eigenvalue weighted by molar-refractivity contribution is -0.121. The Morgan fingerprint density at radius 3 is 2.42 bits per heavy atom. The number of anilines is 1. The number of benzene rings is 2. The number of nitrogens with one attached hydrogen (secondary N) is 1. The molecular formula is C18H18ClFN2O2. The Morgan fingerprint density at radius 1 is 1.12 bits per heavy atom. The Morgan fingerprint density at radius 2 is 1.79 bits per heavy atom. The van der Waals surface area contributed by atoms with Crippen molar-refractivity contribution in [2.75, 3.05) is 11.4 Å². The second-order valence-corrected chi connectivity index (χ2v) is 5.67. The van der Waals surface area contributed by atoms with E-state index in [1.54, 1.807) is 6.07 Å². The standard InChI is InChI=1S/C18H18ClFN2O2/c1-13(23)22(16-8-6-15(20)7-9-16)11-10-18(24)21-12-14-4-2-3-5-17(14)19/h2-9H,10-12H2,1H3,(H,21,24). The van der Waals surface area contributed by atoms with Gasteiger partial charge in [0.05, 0.1) is 0 Å². The number of rotatable bonds is 6. The number of carbonyl (C=O) groups excluding carboxylic acids is 2. The number of hydrogen-bond acceptors (Lipinski definition) is 2. The molecule has 0 spiro atoms. The van der Waals surface area contributed by atoms with Crippen LogP contribution >= 0.6 is 11.6 Å². The Labute approximate surface area is 145 Å². The summed E-state index contributed by atoms with van der Waals surface area (Å²) in [6, 6.07) is 12.8. The molecule has 0 aliphatic rings. The molecule has 0 bridgehead atoms. The van der Waals surface area contributed by atoms with E-state index in [9.17, 15) is 14.0 Å². The summed E-state index contributed by atoms with van der Waals surface area (Å²) in [4.78, 5) is 25.2. The monoisotopic (exact) mass is 348 g/mol. The molecule has 0 aliphatic heterocycles. The van der Waals surface area contributed by atoms with Crippen LogP contribution in [0.1, 0.15) is 18.9 Å². The van der Waals surface area contributed by atoms with Gasteiger partial charge in [-0.05, 0) is 35.9 Å². The van der Waals surface area contributed by atoms with Gasteiger partial charge < -0.3 is 10.2 Å². The van der Waals surface area contributed by atoms with Crippen molar-refractivity contribution in [1.29, 1.82) is 0 Å². The van der Waals surface area contributed by atoms with E-state index in [0.717, 1.165) is 5.56 Å². The summed E-state index contributed by atoms with van der Waals surface area (Å²) in [6.45, 7) is 1.95. The molecule has 2 rings (SSSR count). The fourth-order valence-corrected chi connectivity index (χ4v) is 2.43. The zero-order valence-corrected chi connectivity index (χ0v) is 14.0. The van der Waals surface area contributed by atoms with Crippen molar-refractivity contribution >= 4 is 29.1 Å². The molecule has 0 heterocycles. The highest BCUT2D eigenvalue weighted by molar-refractivity contribution is 6.31. The molecule has 2 amide bonds. The van der Waals surface area contributed by atoms with Crippen molar-refractivity contribution in [2.45, 2.75) is 19.9 Å². The third-order valence-electron chi connectivity index (χ3n) is 3.51. The molecular weight excluding hydrogens is 331 g/mol. The fourth-order valence-electron chi connectivity index (χ4n) is 2.23. The van der Waals surface area contributed by atoms with Crippen LogP contribution in [0.4, 0.5) is 10.1 Å². The Hall–Kier alpha value is -2.40. The molecule has 0 aromatic heterocycles. The highest BCUT2D eigenvalue weighted by Crippen LogP contribution is 2.16. The number of carbonyl (C=O) groups is 2. The van der Waals surface area contributed by atoms with Crippen LogP contribution in [-0.2, 0) is 16.1 Å². The van der Waals surface area contributed by atoms with Crippen LogP contribution in [0.2, 0.25) is 5.02 Å². The van der Waals surface area contributed by atoms with Crippen molar-refractivity contribution in [1.82, 2.24) is 5.32 Å². The lowest BCUT2D eigenvalue weighted by atomic mass is 10.2. The lowest BCUT2D eigenvalue weighted by Crippen LogP contribution is -2.33. The molecule has 0 saturated carbocycles. The minimum Gasteiger partial charge on any atom is -0.352 e. The van der Waals surface area contributed by atoms with E-state index in [2.05, 4.69) is 5.32 Å². The molecule has 0 aliphatic carbocycles. The molecule has 2 aromatic rings. The molecule has 0 fully saturated rings. The Kier molecular flexibility index (Phi) is 6.32. The van der Waals surface area contributed by atoms with Gasteiger partial charge >= 0.3 is 0 Å². The van der Waals surface area contributed by atoms with E-state index in [1.165, 1.54) is 36.1 Å². The average Bonchev–Trinajstić information content (AvgIpc) is 2.55. The minimum atomic E-state index is -0.375. The maximum atomic E-state index is 13.0. The van der Waals surface area contributed by atoms with Crippen molar-refractivity contribution in [3.8, 4) is 0 Å². The maximum Gasteiger partial charge on any atom is 0.223 e. The van der Waals surface area contributed by atoms with E-state index in [4.69, 9.17) is 11.6 Å². The van der Waals surface area contributed by atoms with Crippen molar-refractivity contribution in [3.63, 3.8) is 0 Å². The van der Waals surface area contributed by atoms with Crippen LogP contribution in [0.5, 0.6) is 0 Å². The van der Waals surface area contributed by atoms with Gasteiger partial charge in [-0.3, -0.25) is 9.59 Å². The van der Waals surface area contributed by atoms with Gasteiger partial charge in [-0.1, -0.05) is 29.8 Å². The largest absolute Gasteiger partial charge is 0.352 e. The van der Waals surface area contributed by atoms with E-state index in [0.29, 0.717) is 17.3 Å². The highest BCUT2D eigenvalue weighted by atomic mass is 35.5. The lowest BCUT2D eigenvalue weighted by Gasteiger charge is -2.21. The van der Waals surface area contributed by atoms with Crippen LogP contribution in [-0.4, -0.2) is 18.4 Å². The summed E-state index contributed by atoms with van der Waals surface area (Å²) in [5.74, 6) is -0.775. The summed E-state index contributed by atoms with van der Waals surface area (Å²) >= 11 is 6.03. The number of halogens is 2. The van der Waals surface area contributed by atoms with E-state index in [1.807, 2.05) is 18.2 Å². The second kappa shape index (κ2) is 8.45. The van der Waals surface area contributed by atoms with Crippen molar-refractivity contribution in [3.05, 3.63) is 64.9 Å². The highest BCUT2D eigenvalue weighted by Gasteiger charge is 2.13. The average molecular weight is 349 g/mol. The van der Waals surface area contributed by atoms with Crippen LogP contribution in [0.25, 0.3) is 0 Å². The molecule has 2 aromatic carbocycles.